The van der Waals surface area contributed by atoms with E-state index in [0.29, 0.717) is 11.4 Å². The summed E-state index contributed by atoms with van der Waals surface area (Å²) in [5.41, 5.74) is 1.45. The van der Waals surface area contributed by atoms with Crippen LogP contribution in [0, 0.1) is 5.92 Å². The molecule has 94 valence electrons. The quantitative estimate of drug-likeness (QED) is 0.857. The van der Waals surface area contributed by atoms with Gasteiger partial charge in [-0.1, -0.05) is 0 Å². The number of fused-ring (bicyclic) bond motifs is 1. The first kappa shape index (κ1) is 11.1. The van der Waals surface area contributed by atoms with Gasteiger partial charge in [0, 0.05) is 24.7 Å². The van der Waals surface area contributed by atoms with E-state index in [4.69, 9.17) is 4.74 Å². The van der Waals surface area contributed by atoms with Crippen LogP contribution in [0.1, 0.15) is 12.8 Å². The molecule has 18 heavy (non-hydrogen) atoms. The van der Waals surface area contributed by atoms with Crippen LogP contribution in [0.3, 0.4) is 0 Å². The normalized spacial score (nSPS) is 18.1. The molecule has 1 heterocycles. The fraction of sp³-hybridized carbons (Fsp3) is 0.385. The zero-order valence-corrected chi connectivity index (χ0v) is 10.1. The van der Waals surface area contributed by atoms with Crippen molar-refractivity contribution in [3.63, 3.8) is 0 Å². The van der Waals surface area contributed by atoms with E-state index in [1.807, 2.05) is 0 Å². The molecule has 5 heteroatoms. The molecule has 1 fully saturated rings. The molecule has 2 aliphatic rings. The predicted octanol–water partition coefficient (Wildman–Crippen LogP) is 1.39. The van der Waals surface area contributed by atoms with Crippen LogP contribution < -0.4 is 15.0 Å². The summed E-state index contributed by atoms with van der Waals surface area (Å²) in [6, 6.07) is 5.34. The molecule has 3 rings (SSSR count). The fourth-order valence-electron chi connectivity index (χ4n) is 1.95. The molecule has 1 aromatic rings. The predicted molar refractivity (Wildman–Crippen MR) is 66.7 cm³/mol. The first-order valence-corrected chi connectivity index (χ1v) is 5.99. The van der Waals surface area contributed by atoms with Crippen LogP contribution in [0.2, 0.25) is 0 Å². The van der Waals surface area contributed by atoms with Gasteiger partial charge in [0.15, 0.2) is 6.61 Å². The van der Waals surface area contributed by atoms with Crippen LogP contribution in [0.15, 0.2) is 18.2 Å². The minimum atomic E-state index is -0.0720. The van der Waals surface area contributed by atoms with Gasteiger partial charge >= 0.3 is 0 Å². The number of ether oxygens (including phenoxy) is 1. The van der Waals surface area contributed by atoms with Crippen molar-refractivity contribution in [2.24, 2.45) is 5.92 Å². The minimum Gasteiger partial charge on any atom is -0.481 e. The van der Waals surface area contributed by atoms with Crippen LogP contribution in [0.5, 0.6) is 5.75 Å². The lowest BCUT2D eigenvalue weighted by Crippen LogP contribution is -2.35. The molecule has 2 amide bonds. The third-order valence-corrected chi connectivity index (χ3v) is 3.26. The number of hydrogen-bond donors (Lipinski definition) is 1. The highest BCUT2D eigenvalue weighted by atomic mass is 16.5. The van der Waals surface area contributed by atoms with Crippen LogP contribution in [-0.4, -0.2) is 25.5 Å². The van der Waals surface area contributed by atoms with E-state index in [2.05, 4.69) is 5.32 Å². The Balaban J connectivity index is 1.82. The SMILES string of the molecule is CN1C(=O)COc2cc(NC(=O)C3CC3)ccc21. The van der Waals surface area contributed by atoms with Crippen molar-refractivity contribution < 1.29 is 14.3 Å². The number of likely N-dealkylation sites (N-methyl/N-ethyl adjacent to an activating group) is 1. The van der Waals surface area contributed by atoms with Gasteiger partial charge in [0.1, 0.15) is 5.75 Å². The van der Waals surface area contributed by atoms with Crippen molar-refractivity contribution in [3.05, 3.63) is 18.2 Å². The number of nitrogens with zero attached hydrogens (tertiary/aromatic N) is 1. The summed E-state index contributed by atoms with van der Waals surface area (Å²) in [4.78, 5) is 24.7. The number of amides is 2. The van der Waals surface area contributed by atoms with Gasteiger partial charge in [-0.05, 0) is 25.0 Å². The smallest absolute Gasteiger partial charge is 0.264 e. The average Bonchev–Trinajstić information content (AvgIpc) is 3.18. The molecule has 5 nitrogen and oxygen atoms in total. The molecule has 0 bridgehead atoms. The second-order valence-electron chi connectivity index (χ2n) is 4.69. The highest BCUT2D eigenvalue weighted by Crippen LogP contribution is 2.35. The third kappa shape index (κ3) is 1.92. The zero-order chi connectivity index (χ0) is 12.7. The zero-order valence-electron chi connectivity index (χ0n) is 10.1. The Hall–Kier alpha value is -2.04. The molecule has 0 radical (unpaired) electrons. The number of rotatable bonds is 2. The number of carbonyl (C=O) groups is 2. The Morgan fingerprint density at radius 1 is 1.44 bits per heavy atom. The summed E-state index contributed by atoms with van der Waals surface area (Å²) in [5, 5.41) is 2.86. The average molecular weight is 246 g/mol. The minimum absolute atomic E-state index is 0.0452. The van der Waals surface area contributed by atoms with Crippen molar-refractivity contribution >= 4 is 23.2 Å². The maximum Gasteiger partial charge on any atom is 0.264 e. The van der Waals surface area contributed by atoms with Gasteiger partial charge in [0.2, 0.25) is 5.91 Å². The molecule has 0 aromatic heterocycles. The monoisotopic (exact) mass is 246 g/mol. The number of anilines is 2. The van der Waals surface area contributed by atoms with Gasteiger partial charge in [-0.3, -0.25) is 9.59 Å². The van der Waals surface area contributed by atoms with Gasteiger partial charge in [0.05, 0.1) is 5.69 Å². The third-order valence-electron chi connectivity index (χ3n) is 3.26. The van der Waals surface area contributed by atoms with E-state index in [0.717, 1.165) is 18.5 Å². The van der Waals surface area contributed by atoms with Gasteiger partial charge in [-0.15, -0.1) is 0 Å². The molecule has 1 aliphatic heterocycles. The standard InChI is InChI=1S/C13H14N2O3/c1-15-10-5-4-9(14-13(17)8-2-3-8)6-11(10)18-7-12(15)16/h4-6,8H,2-3,7H2,1H3,(H,14,17). The van der Waals surface area contributed by atoms with Crippen molar-refractivity contribution in [2.45, 2.75) is 12.8 Å². The van der Waals surface area contributed by atoms with E-state index in [-0.39, 0.29) is 24.3 Å². The van der Waals surface area contributed by atoms with Crippen LogP contribution in [-0.2, 0) is 9.59 Å². The number of nitrogens with one attached hydrogen (secondary N) is 1. The largest absolute Gasteiger partial charge is 0.481 e. The van der Waals surface area contributed by atoms with Crippen LogP contribution >= 0.6 is 0 Å². The Labute approximate surface area is 105 Å². The number of hydrogen-bond acceptors (Lipinski definition) is 3. The second-order valence-corrected chi connectivity index (χ2v) is 4.69. The summed E-state index contributed by atoms with van der Waals surface area (Å²) in [6.07, 6.45) is 1.95. The highest BCUT2D eigenvalue weighted by molar-refractivity contribution is 5.99. The summed E-state index contributed by atoms with van der Waals surface area (Å²) in [5.74, 6) is 0.796. The summed E-state index contributed by atoms with van der Waals surface area (Å²) >= 11 is 0. The van der Waals surface area contributed by atoms with E-state index in [9.17, 15) is 9.59 Å². The first-order chi connectivity index (χ1) is 8.65. The highest BCUT2D eigenvalue weighted by Gasteiger charge is 2.30. The Bertz CT molecular complexity index is 523. The van der Waals surface area contributed by atoms with Gasteiger partial charge in [0.25, 0.3) is 5.91 Å². The Kier molecular flexibility index (Phi) is 2.47. The Morgan fingerprint density at radius 3 is 2.94 bits per heavy atom. The molecular formula is C13H14N2O3. The topological polar surface area (TPSA) is 58.6 Å². The molecule has 0 saturated heterocycles. The van der Waals surface area contributed by atoms with Gasteiger partial charge in [-0.25, -0.2) is 0 Å². The number of carbonyl (C=O) groups excluding carboxylic acids is 2. The second kappa shape index (κ2) is 4.01. The van der Waals surface area contributed by atoms with Crippen LogP contribution in [0.25, 0.3) is 0 Å². The summed E-state index contributed by atoms with van der Waals surface area (Å²) in [7, 11) is 1.71. The molecule has 1 aromatic carbocycles. The summed E-state index contributed by atoms with van der Waals surface area (Å²) in [6.45, 7) is 0.0452. The number of benzene rings is 1. The molecule has 0 unspecified atom stereocenters. The van der Waals surface area contributed by atoms with Gasteiger partial charge < -0.3 is 15.0 Å². The first-order valence-electron chi connectivity index (χ1n) is 5.99. The van der Waals surface area contributed by atoms with E-state index in [1.54, 1.807) is 30.1 Å². The molecule has 1 aliphatic carbocycles. The summed E-state index contributed by atoms with van der Waals surface area (Å²) < 4.78 is 5.36. The lowest BCUT2D eigenvalue weighted by Gasteiger charge is -2.26. The van der Waals surface area contributed by atoms with Crippen molar-refractivity contribution in [3.8, 4) is 5.75 Å². The van der Waals surface area contributed by atoms with Crippen molar-refractivity contribution in [2.75, 3.05) is 23.9 Å². The van der Waals surface area contributed by atoms with E-state index in [1.165, 1.54) is 0 Å². The molecule has 0 atom stereocenters. The Morgan fingerprint density at radius 2 is 2.22 bits per heavy atom. The maximum absolute atomic E-state index is 11.6. The lowest BCUT2D eigenvalue weighted by molar-refractivity contribution is -0.121. The maximum atomic E-state index is 11.6. The molecule has 1 N–H and O–H groups in total. The van der Waals surface area contributed by atoms with E-state index < -0.39 is 0 Å². The fourth-order valence-corrected chi connectivity index (χ4v) is 1.95. The van der Waals surface area contributed by atoms with Crippen molar-refractivity contribution in [1.29, 1.82) is 0 Å². The molecule has 1 saturated carbocycles. The van der Waals surface area contributed by atoms with E-state index >= 15 is 0 Å². The van der Waals surface area contributed by atoms with Crippen molar-refractivity contribution in [1.82, 2.24) is 0 Å². The lowest BCUT2D eigenvalue weighted by atomic mass is 10.2. The van der Waals surface area contributed by atoms with Gasteiger partial charge in [-0.2, -0.15) is 0 Å². The molecule has 0 spiro atoms. The molecular weight excluding hydrogens is 232 g/mol. The van der Waals surface area contributed by atoms with Crippen LogP contribution in [0.4, 0.5) is 11.4 Å².